The molecule has 7 nitrogen and oxygen atoms in total. The van der Waals surface area contributed by atoms with Crippen LogP contribution in [0.25, 0.3) is 0 Å². The fraction of sp³-hybridized carbons (Fsp3) is 0.316. The van der Waals surface area contributed by atoms with E-state index in [1.165, 1.54) is 37.3 Å². The second kappa shape index (κ2) is 9.13. The van der Waals surface area contributed by atoms with E-state index in [4.69, 9.17) is 23.2 Å². The SMILES string of the molecule is C[C@H](C(=O)N[C@H](C)c1ccc(S(C)(=O)=O)cc1)N(c1cc(Cl)cc(Cl)c1)S(C)(=O)=O. The summed E-state index contributed by atoms with van der Waals surface area (Å²) in [7, 11) is -7.16. The number of amides is 1. The number of anilines is 1. The minimum absolute atomic E-state index is 0.166. The number of benzene rings is 2. The summed E-state index contributed by atoms with van der Waals surface area (Å²) in [5, 5.41) is 3.21. The number of nitrogens with zero attached hydrogens (tertiary/aromatic N) is 1. The van der Waals surface area contributed by atoms with E-state index >= 15 is 0 Å². The Labute approximate surface area is 187 Å². The lowest BCUT2D eigenvalue weighted by Gasteiger charge is -2.29. The Morgan fingerprint density at radius 3 is 1.87 bits per heavy atom. The molecule has 2 atom stereocenters. The standard InChI is InChI=1S/C19H22Cl2N2O5S2/c1-12(14-5-7-18(8-6-14)29(3,25)26)22-19(24)13(2)23(30(4,27)28)17-10-15(20)9-16(21)11-17/h5-13H,1-4H3,(H,22,24)/t12-,13-/m1/s1. The van der Waals surface area contributed by atoms with Gasteiger partial charge in [-0.3, -0.25) is 9.10 Å². The molecule has 2 aromatic rings. The normalized spacial score (nSPS) is 14.1. The zero-order valence-electron chi connectivity index (χ0n) is 16.8. The van der Waals surface area contributed by atoms with Gasteiger partial charge in [-0.15, -0.1) is 0 Å². The smallest absolute Gasteiger partial charge is 0.244 e. The Morgan fingerprint density at radius 2 is 1.43 bits per heavy atom. The zero-order chi connectivity index (χ0) is 22.9. The molecule has 1 amide bonds. The van der Waals surface area contributed by atoms with Gasteiger partial charge in [-0.25, -0.2) is 16.8 Å². The van der Waals surface area contributed by atoms with Gasteiger partial charge in [0.2, 0.25) is 15.9 Å². The molecule has 1 N–H and O–H groups in total. The molecule has 0 saturated heterocycles. The van der Waals surface area contributed by atoms with Gasteiger partial charge < -0.3 is 5.32 Å². The molecule has 0 aliphatic heterocycles. The first-order valence-corrected chi connectivity index (χ1v) is 13.3. The van der Waals surface area contributed by atoms with E-state index in [2.05, 4.69) is 5.32 Å². The quantitative estimate of drug-likeness (QED) is 0.637. The van der Waals surface area contributed by atoms with Crippen LogP contribution in [0.15, 0.2) is 47.4 Å². The molecule has 0 heterocycles. The van der Waals surface area contributed by atoms with Crippen molar-refractivity contribution in [2.24, 2.45) is 0 Å². The minimum Gasteiger partial charge on any atom is -0.348 e. The maximum absolute atomic E-state index is 12.8. The van der Waals surface area contributed by atoms with E-state index < -0.39 is 37.9 Å². The molecular weight excluding hydrogens is 471 g/mol. The third kappa shape index (κ3) is 6.10. The topological polar surface area (TPSA) is 101 Å². The average molecular weight is 493 g/mol. The van der Waals surface area contributed by atoms with Crippen molar-refractivity contribution < 1.29 is 21.6 Å². The average Bonchev–Trinajstić information content (AvgIpc) is 2.59. The molecule has 30 heavy (non-hydrogen) atoms. The second-order valence-electron chi connectivity index (χ2n) is 6.93. The van der Waals surface area contributed by atoms with E-state index in [-0.39, 0.29) is 20.6 Å². The number of sulfonamides is 1. The molecule has 0 fully saturated rings. The lowest BCUT2D eigenvalue weighted by atomic mass is 10.1. The van der Waals surface area contributed by atoms with Crippen LogP contribution in [0.3, 0.4) is 0 Å². The fourth-order valence-electron chi connectivity index (χ4n) is 2.90. The van der Waals surface area contributed by atoms with E-state index in [1.807, 2.05) is 0 Å². The molecule has 0 bridgehead atoms. The molecule has 0 unspecified atom stereocenters. The summed E-state index contributed by atoms with van der Waals surface area (Å²) in [6.07, 6.45) is 2.09. The molecule has 0 aliphatic carbocycles. The predicted octanol–water partition coefficient (Wildman–Crippen LogP) is 3.43. The van der Waals surface area contributed by atoms with Gasteiger partial charge in [0.05, 0.1) is 22.9 Å². The highest BCUT2D eigenvalue weighted by Crippen LogP contribution is 2.29. The van der Waals surface area contributed by atoms with Crippen molar-refractivity contribution in [3.8, 4) is 0 Å². The van der Waals surface area contributed by atoms with Crippen molar-refractivity contribution >= 4 is 54.7 Å². The molecule has 2 rings (SSSR count). The highest BCUT2D eigenvalue weighted by Gasteiger charge is 2.30. The predicted molar refractivity (Wildman–Crippen MR) is 119 cm³/mol. The lowest BCUT2D eigenvalue weighted by Crippen LogP contribution is -2.48. The number of carbonyl (C=O) groups is 1. The van der Waals surface area contributed by atoms with Gasteiger partial charge in [-0.2, -0.15) is 0 Å². The number of hydrogen-bond donors (Lipinski definition) is 1. The van der Waals surface area contributed by atoms with Crippen LogP contribution in [0.4, 0.5) is 5.69 Å². The number of hydrogen-bond acceptors (Lipinski definition) is 5. The lowest BCUT2D eigenvalue weighted by molar-refractivity contribution is -0.122. The largest absolute Gasteiger partial charge is 0.348 e. The fourth-order valence-corrected chi connectivity index (χ4v) is 5.20. The number of nitrogens with one attached hydrogen (secondary N) is 1. The van der Waals surface area contributed by atoms with Crippen molar-refractivity contribution in [1.29, 1.82) is 0 Å². The van der Waals surface area contributed by atoms with Crippen LogP contribution in [0, 0.1) is 0 Å². The highest BCUT2D eigenvalue weighted by molar-refractivity contribution is 7.92. The summed E-state index contributed by atoms with van der Waals surface area (Å²) in [6, 6.07) is 8.79. The monoisotopic (exact) mass is 492 g/mol. The van der Waals surface area contributed by atoms with Crippen LogP contribution in [0.2, 0.25) is 10.0 Å². The first kappa shape index (κ1) is 24.5. The van der Waals surface area contributed by atoms with Crippen LogP contribution < -0.4 is 9.62 Å². The summed E-state index contributed by atoms with van der Waals surface area (Å²) >= 11 is 12.0. The van der Waals surface area contributed by atoms with E-state index in [0.29, 0.717) is 5.56 Å². The number of rotatable bonds is 7. The van der Waals surface area contributed by atoms with Gasteiger partial charge >= 0.3 is 0 Å². The third-order valence-electron chi connectivity index (χ3n) is 4.36. The van der Waals surface area contributed by atoms with Gasteiger partial charge in [0.25, 0.3) is 0 Å². The first-order chi connectivity index (χ1) is 13.7. The molecule has 0 spiro atoms. The zero-order valence-corrected chi connectivity index (χ0v) is 19.9. The van der Waals surface area contributed by atoms with E-state index in [0.717, 1.165) is 16.8 Å². The van der Waals surface area contributed by atoms with Crippen LogP contribution in [-0.2, 0) is 24.7 Å². The molecule has 0 aromatic heterocycles. The Morgan fingerprint density at radius 1 is 0.933 bits per heavy atom. The maximum atomic E-state index is 12.8. The number of sulfone groups is 1. The van der Waals surface area contributed by atoms with Gasteiger partial charge in [0.1, 0.15) is 6.04 Å². The van der Waals surface area contributed by atoms with E-state index in [9.17, 15) is 21.6 Å². The van der Waals surface area contributed by atoms with Crippen molar-refractivity contribution in [2.45, 2.75) is 30.8 Å². The number of halogens is 2. The maximum Gasteiger partial charge on any atom is 0.244 e. The molecule has 2 aromatic carbocycles. The summed E-state index contributed by atoms with van der Waals surface area (Å²) in [6.45, 7) is 3.16. The van der Waals surface area contributed by atoms with Crippen LogP contribution in [0.5, 0.6) is 0 Å². The van der Waals surface area contributed by atoms with Crippen molar-refractivity contribution in [1.82, 2.24) is 5.32 Å². The van der Waals surface area contributed by atoms with Gasteiger partial charge in [-0.1, -0.05) is 35.3 Å². The Kier molecular flexibility index (Phi) is 7.45. The summed E-state index contributed by atoms with van der Waals surface area (Å²) in [5.41, 5.74) is 0.836. The van der Waals surface area contributed by atoms with Crippen LogP contribution in [-0.4, -0.2) is 41.3 Å². The third-order valence-corrected chi connectivity index (χ3v) is 7.16. The van der Waals surface area contributed by atoms with Crippen LogP contribution >= 0.6 is 23.2 Å². The van der Waals surface area contributed by atoms with Gasteiger partial charge in [0.15, 0.2) is 9.84 Å². The minimum atomic E-state index is -3.83. The molecule has 0 radical (unpaired) electrons. The molecule has 0 saturated carbocycles. The molecular formula is C19H22Cl2N2O5S2. The van der Waals surface area contributed by atoms with Crippen LogP contribution in [0.1, 0.15) is 25.5 Å². The Balaban J connectivity index is 2.27. The molecule has 11 heteroatoms. The van der Waals surface area contributed by atoms with E-state index in [1.54, 1.807) is 19.1 Å². The molecule has 0 aliphatic rings. The van der Waals surface area contributed by atoms with Crippen molar-refractivity contribution in [3.05, 3.63) is 58.1 Å². The second-order valence-corrected chi connectivity index (χ2v) is 11.7. The Bertz CT molecular complexity index is 1130. The number of carbonyl (C=O) groups excluding carboxylic acids is 1. The Hall–Kier alpha value is -1.81. The van der Waals surface area contributed by atoms with Crippen molar-refractivity contribution in [2.75, 3.05) is 16.8 Å². The highest BCUT2D eigenvalue weighted by atomic mass is 35.5. The van der Waals surface area contributed by atoms with Gasteiger partial charge in [-0.05, 0) is 49.7 Å². The first-order valence-electron chi connectivity index (χ1n) is 8.76. The summed E-state index contributed by atoms with van der Waals surface area (Å²) in [5.74, 6) is -0.545. The van der Waals surface area contributed by atoms with Gasteiger partial charge in [0, 0.05) is 16.3 Å². The summed E-state index contributed by atoms with van der Waals surface area (Å²) < 4.78 is 48.9. The molecule has 164 valence electrons. The summed E-state index contributed by atoms with van der Waals surface area (Å²) in [4.78, 5) is 13.0. The van der Waals surface area contributed by atoms with Crippen molar-refractivity contribution in [3.63, 3.8) is 0 Å².